The van der Waals surface area contributed by atoms with Gasteiger partial charge in [0.15, 0.2) is 11.5 Å². The Bertz CT molecular complexity index is 1390. The number of carbonyl (C=O) groups is 1. The molecule has 0 aliphatic rings. The summed E-state index contributed by atoms with van der Waals surface area (Å²) in [6, 6.07) is 14.4. The quantitative estimate of drug-likeness (QED) is 0.341. The van der Waals surface area contributed by atoms with Gasteiger partial charge in [-0.3, -0.25) is 4.79 Å². The van der Waals surface area contributed by atoms with Gasteiger partial charge in [-0.15, -0.1) is 0 Å². The lowest BCUT2D eigenvalue weighted by atomic mass is 10.1. The lowest BCUT2D eigenvalue weighted by Gasteiger charge is -2.17. The Morgan fingerprint density at radius 2 is 1.84 bits per heavy atom. The molecule has 0 saturated carbocycles. The second-order valence-electron chi connectivity index (χ2n) is 8.22. The zero-order valence-corrected chi connectivity index (χ0v) is 20.1. The minimum Gasteiger partial charge on any atom is -0.494 e. The van der Waals surface area contributed by atoms with Crippen LogP contribution in [0, 0.1) is 0 Å². The first-order valence-corrected chi connectivity index (χ1v) is 11.3. The molecule has 0 fully saturated rings. The number of amides is 1. The second kappa shape index (κ2) is 11.0. The molecule has 37 heavy (non-hydrogen) atoms. The molecule has 3 N–H and O–H groups in total. The van der Waals surface area contributed by atoms with Crippen LogP contribution in [0.3, 0.4) is 0 Å². The molecule has 0 aliphatic heterocycles. The highest BCUT2D eigenvalue weighted by Crippen LogP contribution is 2.36. The number of alkyl halides is 3. The van der Waals surface area contributed by atoms with E-state index in [-0.39, 0.29) is 47.8 Å². The number of rotatable bonds is 9. The number of carbonyl (C=O) groups excluding carboxylic acids is 1. The topological polar surface area (TPSA) is 112 Å². The predicted octanol–water partition coefficient (Wildman–Crippen LogP) is 4.36. The molecule has 0 bridgehead atoms. The van der Waals surface area contributed by atoms with Crippen molar-refractivity contribution in [1.29, 1.82) is 0 Å². The van der Waals surface area contributed by atoms with Gasteiger partial charge >= 0.3 is 6.18 Å². The molecule has 4 aromatic rings. The Kier molecular flexibility index (Phi) is 7.74. The number of nitrogens with zero attached hydrogens (tertiary/aromatic N) is 2. The number of fused-ring (bicyclic) bond motifs is 1. The normalized spacial score (nSPS) is 12.5. The number of ether oxygens (including phenoxy) is 2. The van der Waals surface area contributed by atoms with Gasteiger partial charge in [-0.1, -0.05) is 30.3 Å². The maximum absolute atomic E-state index is 13.3. The summed E-state index contributed by atoms with van der Waals surface area (Å²) in [6.45, 7) is 0.146. The first-order chi connectivity index (χ1) is 17.7. The van der Waals surface area contributed by atoms with Gasteiger partial charge in [0, 0.05) is 18.1 Å². The first kappa shape index (κ1) is 26.1. The summed E-state index contributed by atoms with van der Waals surface area (Å²) in [6.07, 6.45) is -4.10. The molecule has 0 spiro atoms. The van der Waals surface area contributed by atoms with Gasteiger partial charge in [0.1, 0.15) is 17.0 Å². The second-order valence-corrected chi connectivity index (χ2v) is 8.22. The molecule has 0 radical (unpaired) electrons. The number of halogens is 3. The van der Waals surface area contributed by atoms with Crippen LogP contribution in [-0.2, 0) is 23.9 Å². The SMILES string of the molecule is COCC(Cc1ccccc1)NC(=O)c1nc(-c2ccc(OC)c3nc(C(F)(F)F)ccc23)oc1CN. The van der Waals surface area contributed by atoms with Gasteiger partial charge in [0.05, 0.1) is 26.3 Å². The number of hydrogen-bond acceptors (Lipinski definition) is 7. The van der Waals surface area contributed by atoms with E-state index in [4.69, 9.17) is 19.6 Å². The van der Waals surface area contributed by atoms with Crippen molar-refractivity contribution in [3.8, 4) is 17.2 Å². The highest BCUT2D eigenvalue weighted by molar-refractivity contribution is 5.98. The summed E-state index contributed by atoms with van der Waals surface area (Å²) >= 11 is 0. The van der Waals surface area contributed by atoms with Crippen molar-refractivity contribution in [1.82, 2.24) is 15.3 Å². The molecular formula is C26H25F3N4O4. The predicted molar refractivity (Wildman–Crippen MR) is 130 cm³/mol. The number of pyridine rings is 1. The van der Waals surface area contributed by atoms with E-state index in [1.165, 1.54) is 26.4 Å². The molecule has 1 unspecified atom stereocenters. The lowest BCUT2D eigenvalue weighted by Crippen LogP contribution is -2.40. The Balaban J connectivity index is 1.69. The molecule has 1 amide bonds. The number of nitrogens with one attached hydrogen (secondary N) is 1. The molecule has 2 aromatic carbocycles. The standard InChI is InChI=1S/C26H25F3N4O4/c1-35-14-16(12-15-6-4-3-5-7-15)31-24(34)23-20(13-30)37-25(33-23)18-8-10-19(36-2)22-17(18)9-11-21(32-22)26(27,28)29/h3-11,16H,12-14,30H2,1-2H3,(H,31,34). The molecule has 0 saturated heterocycles. The summed E-state index contributed by atoms with van der Waals surface area (Å²) in [4.78, 5) is 21.3. The van der Waals surface area contributed by atoms with Crippen molar-refractivity contribution in [2.45, 2.75) is 25.2 Å². The summed E-state index contributed by atoms with van der Waals surface area (Å²) in [7, 11) is 2.87. The highest BCUT2D eigenvalue weighted by atomic mass is 19.4. The molecule has 1 atom stereocenters. The van der Waals surface area contributed by atoms with Crippen LogP contribution in [-0.4, -0.2) is 42.7 Å². The van der Waals surface area contributed by atoms with E-state index in [0.717, 1.165) is 11.6 Å². The minimum absolute atomic E-state index is 0.0173. The molecular weight excluding hydrogens is 489 g/mol. The molecule has 2 heterocycles. The maximum atomic E-state index is 13.3. The van der Waals surface area contributed by atoms with Crippen LogP contribution in [0.2, 0.25) is 0 Å². The van der Waals surface area contributed by atoms with Crippen LogP contribution in [0.4, 0.5) is 13.2 Å². The lowest BCUT2D eigenvalue weighted by molar-refractivity contribution is -0.140. The summed E-state index contributed by atoms with van der Waals surface area (Å²) in [5.41, 5.74) is 6.08. The third kappa shape index (κ3) is 5.73. The Hall–Kier alpha value is -3.96. The fourth-order valence-electron chi connectivity index (χ4n) is 3.99. The molecule has 2 aromatic heterocycles. The number of oxazole rings is 1. The van der Waals surface area contributed by atoms with Gasteiger partial charge < -0.3 is 24.9 Å². The smallest absolute Gasteiger partial charge is 0.433 e. The third-order valence-corrected chi connectivity index (χ3v) is 5.69. The highest BCUT2D eigenvalue weighted by Gasteiger charge is 2.33. The molecule has 194 valence electrons. The van der Waals surface area contributed by atoms with Crippen molar-refractivity contribution in [3.63, 3.8) is 0 Å². The van der Waals surface area contributed by atoms with E-state index in [1.54, 1.807) is 6.07 Å². The number of aromatic nitrogens is 2. The van der Waals surface area contributed by atoms with Gasteiger partial charge in [-0.2, -0.15) is 13.2 Å². The van der Waals surface area contributed by atoms with E-state index in [1.807, 2.05) is 30.3 Å². The Morgan fingerprint density at radius 3 is 2.49 bits per heavy atom. The van der Waals surface area contributed by atoms with Crippen molar-refractivity contribution in [2.24, 2.45) is 5.73 Å². The van der Waals surface area contributed by atoms with E-state index >= 15 is 0 Å². The summed E-state index contributed by atoms with van der Waals surface area (Å²) < 4.78 is 56.1. The summed E-state index contributed by atoms with van der Waals surface area (Å²) in [5.74, 6) is -0.209. The molecule has 0 aliphatic carbocycles. The van der Waals surface area contributed by atoms with Crippen molar-refractivity contribution >= 4 is 16.8 Å². The van der Waals surface area contributed by atoms with Gasteiger partial charge in [0.25, 0.3) is 5.91 Å². The van der Waals surface area contributed by atoms with Crippen LogP contribution < -0.4 is 15.8 Å². The van der Waals surface area contributed by atoms with Gasteiger partial charge in [-0.25, -0.2) is 9.97 Å². The Morgan fingerprint density at radius 1 is 1.08 bits per heavy atom. The number of nitrogens with two attached hydrogens (primary N) is 1. The monoisotopic (exact) mass is 514 g/mol. The molecule has 11 heteroatoms. The zero-order chi connectivity index (χ0) is 26.6. The van der Waals surface area contributed by atoms with Crippen molar-refractivity contribution in [3.05, 3.63) is 77.3 Å². The largest absolute Gasteiger partial charge is 0.494 e. The van der Waals surface area contributed by atoms with E-state index in [9.17, 15) is 18.0 Å². The zero-order valence-electron chi connectivity index (χ0n) is 20.1. The fraction of sp³-hybridized carbons (Fsp3) is 0.269. The first-order valence-electron chi connectivity index (χ1n) is 11.3. The van der Waals surface area contributed by atoms with Gasteiger partial charge in [0.2, 0.25) is 5.89 Å². The number of benzene rings is 2. The van der Waals surface area contributed by atoms with Crippen LogP contribution in [0.25, 0.3) is 22.4 Å². The maximum Gasteiger partial charge on any atom is 0.433 e. The number of methoxy groups -OCH3 is 2. The van der Waals surface area contributed by atoms with Crippen LogP contribution in [0.5, 0.6) is 5.75 Å². The average molecular weight is 515 g/mol. The van der Waals surface area contributed by atoms with Crippen LogP contribution in [0.15, 0.2) is 59.0 Å². The minimum atomic E-state index is -4.63. The van der Waals surface area contributed by atoms with E-state index in [0.29, 0.717) is 17.4 Å². The van der Waals surface area contributed by atoms with E-state index < -0.39 is 17.8 Å². The van der Waals surface area contributed by atoms with Crippen molar-refractivity contribution < 1.29 is 31.9 Å². The van der Waals surface area contributed by atoms with E-state index in [2.05, 4.69) is 15.3 Å². The van der Waals surface area contributed by atoms with Crippen molar-refractivity contribution in [2.75, 3.05) is 20.8 Å². The van der Waals surface area contributed by atoms with Crippen LogP contribution in [0.1, 0.15) is 27.5 Å². The van der Waals surface area contributed by atoms with Gasteiger partial charge in [-0.05, 0) is 36.2 Å². The third-order valence-electron chi connectivity index (χ3n) is 5.69. The average Bonchev–Trinajstić information content (AvgIpc) is 3.32. The molecule has 4 rings (SSSR count). The van der Waals surface area contributed by atoms with Crippen LogP contribution >= 0.6 is 0 Å². The number of hydrogen-bond donors (Lipinski definition) is 2. The fourth-order valence-corrected chi connectivity index (χ4v) is 3.99. The molecule has 8 nitrogen and oxygen atoms in total. The Labute approximate surface area is 210 Å². The summed E-state index contributed by atoms with van der Waals surface area (Å²) in [5, 5.41) is 3.21.